The fraction of sp³-hybridized carbons (Fsp3) is 0.500. The van der Waals surface area contributed by atoms with Gasteiger partial charge in [0.25, 0.3) is 0 Å². The van der Waals surface area contributed by atoms with Crippen LogP contribution in [-0.2, 0) is 11.2 Å². The molecule has 1 aromatic heterocycles. The summed E-state index contributed by atoms with van der Waals surface area (Å²) < 4.78 is 0. The highest BCUT2D eigenvalue weighted by atomic mass is 16.1. The molecule has 0 spiro atoms. The average molecular weight is 221 g/mol. The molecular formula is C12H19N3O. The van der Waals surface area contributed by atoms with E-state index in [-0.39, 0.29) is 5.78 Å². The van der Waals surface area contributed by atoms with Gasteiger partial charge in [0.15, 0.2) is 5.78 Å². The Balaban J connectivity index is 2.71. The lowest BCUT2D eigenvalue weighted by Crippen LogP contribution is -2.47. The number of nitrogens with zero attached hydrogens (tertiary/aromatic N) is 1. The first-order valence-electron chi connectivity index (χ1n) is 5.44. The van der Waals surface area contributed by atoms with Gasteiger partial charge in [0.2, 0.25) is 0 Å². The largest absolute Gasteiger partial charge is 0.384 e. The van der Waals surface area contributed by atoms with Crippen LogP contribution in [0.25, 0.3) is 0 Å². The van der Waals surface area contributed by atoms with Gasteiger partial charge in [-0.25, -0.2) is 4.98 Å². The lowest BCUT2D eigenvalue weighted by Gasteiger charge is -2.24. The maximum Gasteiger partial charge on any atom is 0.156 e. The fourth-order valence-electron chi connectivity index (χ4n) is 1.55. The van der Waals surface area contributed by atoms with Gasteiger partial charge in [0.1, 0.15) is 5.82 Å². The minimum atomic E-state index is -0.493. The van der Waals surface area contributed by atoms with Crippen molar-refractivity contribution in [2.45, 2.75) is 32.7 Å². The summed E-state index contributed by atoms with van der Waals surface area (Å²) in [6.07, 6.45) is 2.00. The number of nitrogens with one attached hydrogen (secondary N) is 1. The van der Waals surface area contributed by atoms with Crippen LogP contribution in [-0.4, -0.2) is 22.9 Å². The number of carbonyl (C=O) groups is 1. The lowest BCUT2D eigenvalue weighted by molar-refractivity contribution is -0.123. The smallest absolute Gasteiger partial charge is 0.156 e. The Morgan fingerprint density at radius 1 is 1.56 bits per heavy atom. The van der Waals surface area contributed by atoms with E-state index < -0.39 is 5.54 Å². The zero-order valence-corrected chi connectivity index (χ0v) is 10.1. The summed E-state index contributed by atoms with van der Waals surface area (Å²) in [5.74, 6) is 0.603. The van der Waals surface area contributed by atoms with Gasteiger partial charge >= 0.3 is 0 Å². The van der Waals surface area contributed by atoms with Crippen LogP contribution >= 0.6 is 0 Å². The third-order valence-electron chi connectivity index (χ3n) is 2.53. The van der Waals surface area contributed by atoms with Crippen molar-refractivity contribution in [1.82, 2.24) is 10.3 Å². The second kappa shape index (κ2) is 5.07. The molecule has 1 aromatic rings. The second-order valence-corrected chi connectivity index (χ2v) is 4.34. The van der Waals surface area contributed by atoms with Crippen molar-refractivity contribution in [2.24, 2.45) is 0 Å². The number of nitrogens with two attached hydrogens (primary N) is 1. The van der Waals surface area contributed by atoms with Crippen molar-refractivity contribution in [2.75, 3.05) is 12.3 Å². The first-order valence-corrected chi connectivity index (χ1v) is 5.44. The number of pyridine rings is 1. The van der Waals surface area contributed by atoms with Crippen molar-refractivity contribution in [3.63, 3.8) is 0 Å². The molecule has 1 rings (SSSR count). The number of hydrogen-bond acceptors (Lipinski definition) is 4. The van der Waals surface area contributed by atoms with E-state index in [1.54, 1.807) is 12.3 Å². The summed E-state index contributed by atoms with van der Waals surface area (Å²) in [5.41, 5.74) is 5.98. The van der Waals surface area contributed by atoms with Crippen molar-refractivity contribution in [1.29, 1.82) is 0 Å². The summed E-state index contributed by atoms with van der Waals surface area (Å²) >= 11 is 0. The summed E-state index contributed by atoms with van der Waals surface area (Å²) in [4.78, 5) is 15.9. The first-order chi connectivity index (χ1) is 7.45. The van der Waals surface area contributed by atoms with Gasteiger partial charge in [-0.15, -0.1) is 0 Å². The molecule has 3 N–H and O–H groups in total. The first kappa shape index (κ1) is 12.6. The molecule has 1 heterocycles. The molecule has 0 amide bonds. The van der Waals surface area contributed by atoms with Crippen LogP contribution < -0.4 is 11.1 Å². The molecule has 0 saturated carbocycles. The van der Waals surface area contributed by atoms with Gasteiger partial charge in [0.05, 0.1) is 5.54 Å². The van der Waals surface area contributed by atoms with Gasteiger partial charge in [-0.2, -0.15) is 0 Å². The minimum absolute atomic E-state index is 0.153. The average Bonchev–Trinajstić information content (AvgIpc) is 2.17. The van der Waals surface area contributed by atoms with Gasteiger partial charge in [-0.1, -0.05) is 6.92 Å². The molecule has 16 heavy (non-hydrogen) atoms. The van der Waals surface area contributed by atoms with Crippen molar-refractivity contribution in [3.05, 3.63) is 23.9 Å². The van der Waals surface area contributed by atoms with Crippen LogP contribution in [0.4, 0.5) is 5.82 Å². The molecule has 4 nitrogen and oxygen atoms in total. The highest BCUT2D eigenvalue weighted by Gasteiger charge is 2.25. The molecular weight excluding hydrogens is 202 g/mol. The zero-order chi connectivity index (χ0) is 12.2. The molecule has 0 unspecified atom stereocenters. The van der Waals surface area contributed by atoms with Crippen molar-refractivity contribution < 1.29 is 4.79 Å². The Morgan fingerprint density at radius 3 is 2.81 bits per heavy atom. The number of aromatic nitrogens is 1. The van der Waals surface area contributed by atoms with Crippen LogP contribution in [0.1, 0.15) is 26.3 Å². The van der Waals surface area contributed by atoms with E-state index in [0.29, 0.717) is 12.2 Å². The number of hydrogen-bond donors (Lipinski definition) is 2. The van der Waals surface area contributed by atoms with E-state index in [2.05, 4.69) is 10.3 Å². The van der Waals surface area contributed by atoms with E-state index in [0.717, 1.165) is 12.1 Å². The summed E-state index contributed by atoms with van der Waals surface area (Å²) in [7, 11) is 0. The van der Waals surface area contributed by atoms with Crippen LogP contribution in [0.3, 0.4) is 0 Å². The normalized spacial score (nSPS) is 11.4. The molecule has 0 fully saturated rings. The molecule has 0 aliphatic heterocycles. The second-order valence-electron chi connectivity index (χ2n) is 4.34. The molecule has 0 saturated heterocycles. The van der Waals surface area contributed by atoms with Gasteiger partial charge < -0.3 is 11.1 Å². The number of likely N-dealkylation sites (N-methyl/N-ethyl adjacent to an activating group) is 1. The van der Waals surface area contributed by atoms with E-state index in [1.165, 1.54) is 0 Å². The monoisotopic (exact) mass is 221 g/mol. The number of ketones is 1. The number of nitrogen functional groups attached to an aromatic ring is 1. The SMILES string of the molecule is CCNC(C)(C)C(=O)Cc1ccnc(N)c1. The van der Waals surface area contributed by atoms with Crippen LogP contribution in [0, 0.1) is 0 Å². The van der Waals surface area contributed by atoms with E-state index in [9.17, 15) is 4.79 Å². The summed E-state index contributed by atoms with van der Waals surface area (Å²) in [6, 6.07) is 3.55. The Hall–Kier alpha value is -1.42. The Bertz CT molecular complexity index is 374. The van der Waals surface area contributed by atoms with Crippen LogP contribution in [0.5, 0.6) is 0 Å². The van der Waals surface area contributed by atoms with Gasteiger partial charge in [-0.3, -0.25) is 4.79 Å². The highest BCUT2D eigenvalue weighted by Crippen LogP contribution is 2.11. The summed E-state index contributed by atoms with van der Waals surface area (Å²) in [6.45, 7) is 6.55. The topological polar surface area (TPSA) is 68.0 Å². The zero-order valence-electron chi connectivity index (χ0n) is 10.1. The predicted octanol–water partition coefficient (Wildman–Crippen LogP) is 1.16. The summed E-state index contributed by atoms with van der Waals surface area (Å²) in [5, 5.41) is 3.16. The Kier molecular flexibility index (Phi) is 4.01. The lowest BCUT2D eigenvalue weighted by atomic mass is 9.94. The molecule has 0 atom stereocenters. The quantitative estimate of drug-likeness (QED) is 0.783. The predicted molar refractivity (Wildman–Crippen MR) is 65.1 cm³/mol. The molecule has 4 heteroatoms. The molecule has 0 aliphatic carbocycles. The maximum atomic E-state index is 12.0. The minimum Gasteiger partial charge on any atom is -0.384 e. The molecule has 0 aromatic carbocycles. The third kappa shape index (κ3) is 3.31. The van der Waals surface area contributed by atoms with E-state index >= 15 is 0 Å². The Labute approximate surface area is 96.3 Å². The highest BCUT2D eigenvalue weighted by molar-refractivity contribution is 5.89. The number of rotatable bonds is 5. The van der Waals surface area contributed by atoms with Crippen LogP contribution in [0.15, 0.2) is 18.3 Å². The van der Waals surface area contributed by atoms with Crippen LogP contribution in [0.2, 0.25) is 0 Å². The molecule has 88 valence electrons. The third-order valence-corrected chi connectivity index (χ3v) is 2.53. The maximum absolute atomic E-state index is 12.0. The van der Waals surface area contributed by atoms with E-state index in [4.69, 9.17) is 5.73 Å². The van der Waals surface area contributed by atoms with Gasteiger partial charge in [-0.05, 0) is 38.1 Å². The van der Waals surface area contributed by atoms with Crippen molar-refractivity contribution >= 4 is 11.6 Å². The number of carbonyl (C=O) groups excluding carboxylic acids is 1. The number of anilines is 1. The van der Waals surface area contributed by atoms with Crippen molar-refractivity contribution in [3.8, 4) is 0 Å². The Morgan fingerprint density at radius 2 is 2.25 bits per heavy atom. The standard InChI is InChI=1S/C12H19N3O/c1-4-15-12(2,3)10(16)7-9-5-6-14-11(13)8-9/h5-6,8,15H,4,7H2,1-3H3,(H2,13,14). The number of Topliss-reactive ketones (excluding diaryl/α,β-unsaturated/α-hetero) is 1. The molecule has 0 radical (unpaired) electrons. The van der Waals surface area contributed by atoms with E-state index in [1.807, 2.05) is 26.8 Å². The fourth-order valence-corrected chi connectivity index (χ4v) is 1.55. The van der Waals surface area contributed by atoms with Gasteiger partial charge in [0, 0.05) is 12.6 Å². The molecule has 0 bridgehead atoms. The molecule has 0 aliphatic rings.